The molecule has 1 saturated heterocycles. The van der Waals surface area contributed by atoms with Gasteiger partial charge in [0.1, 0.15) is 6.10 Å². The molecule has 0 unspecified atom stereocenters. The summed E-state index contributed by atoms with van der Waals surface area (Å²) in [5.41, 5.74) is -1.82. The zero-order chi connectivity index (χ0) is 24.6. The fourth-order valence-electron chi connectivity index (χ4n) is 3.69. The summed E-state index contributed by atoms with van der Waals surface area (Å²) in [4.78, 5) is 29.9. The lowest BCUT2D eigenvalue weighted by molar-refractivity contribution is -0.143. The summed E-state index contributed by atoms with van der Waals surface area (Å²) >= 11 is 0. The number of alkyl halides is 6. The second-order valence-corrected chi connectivity index (χ2v) is 7.77. The van der Waals surface area contributed by atoms with Gasteiger partial charge in [-0.05, 0) is 62.1 Å². The molecule has 2 heterocycles. The second kappa shape index (κ2) is 9.03. The fourth-order valence-corrected chi connectivity index (χ4v) is 3.69. The van der Waals surface area contributed by atoms with Crippen LogP contribution in [0.15, 0.2) is 36.5 Å². The Morgan fingerprint density at radius 2 is 1.70 bits per heavy atom. The van der Waals surface area contributed by atoms with Crippen LogP contribution >= 0.6 is 0 Å². The maximum atomic E-state index is 13.2. The molecule has 1 aliphatic heterocycles. The molecule has 0 spiro atoms. The van der Waals surface area contributed by atoms with Crippen molar-refractivity contribution in [3.8, 4) is 0 Å². The van der Waals surface area contributed by atoms with E-state index >= 15 is 0 Å². The first-order valence-electron chi connectivity index (χ1n) is 10.0. The minimum absolute atomic E-state index is 0.00648. The molecule has 0 aliphatic carbocycles. The van der Waals surface area contributed by atoms with Crippen molar-refractivity contribution in [1.29, 1.82) is 0 Å². The summed E-state index contributed by atoms with van der Waals surface area (Å²) in [7, 11) is 0. The minimum Gasteiger partial charge on any atom is -0.439 e. The van der Waals surface area contributed by atoms with E-state index in [1.165, 1.54) is 6.92 Å². The first kappa shape index (κ1) is 24.5. The molecule has 2 aromatic rings. The van der Waals surface area contributed by atoms with E-state index in [-0.39, 0.29) is 12.5 Å². The lowest BCUT2D eigenvalue weighted by Crippen LogP contribution is -2.37. The van der Waals surface area contributed by atoms with Crippen LogP contribution in [0, 0.1) is 6.92 Å². The molecule has 0 saturated carbocycles. The van der Waals surface area contributed by atoms with Gasteiger partial charge in [-0.2, -0.15) is 26.3 Å². The molecule has 11 heteroatoms. The van der Waals surface area contributed by atoms with Gasteiger partial charge in [0.25, 0.3) is 0 Å². The van der Waals surface area contributed by atoms with Crippen LogP contribution in [0.3, 0.4) is 0 Å². The zero-order valence-corrected chi connectivity index (χ0v) is 17.6. The Balaban J connectivity index is 1.78. The average Bonchev–Trinajstić information content (AvgIpc) is 3.02. The number of aromatic nitrogens is 1. The van der Waals surface area contributed by atoms with Crippen LogP contribution in [-0.2, 0) is 28.3 Å². The number of benzene rings is 1. The van der Waals surface area contributed by atoms with Gasteiger partial charge in [-0.3, -0.25) is 9.78 Å². The van der Waals surface area contributed by atoms with Gasteiger partial charge in [0.2, 0.25) is 5.91 Å². The zero-order valence-electron chi connectivity index (χ0n) is 17.6. The quantitative estimate of drug-likeness (QED) is 0.510. The van der Waals surface area contributed by atoms with Crippen LogP contribution < -0.4 is 0 Å². The molecule has 33 heavy (non-hydrogen) atoms. The van der Waals surface area contributed by atoms with Crippen LogP contribution in [0.1, 0.15) is 53.8 Å². The number of carbonyl (C=O) groups excluding carboxylic acids is 2. The number of cyclic esters (lactones) is 1. The van der Waals surface area contributed by atoms with Crippen LogP contribution in [-0.4, -0.2) is 27.9 Å². The summed E-state index contributed by atoms with van der Waals surface area (Å²) in [6.07, 6.45) is -10.3. The standard InChI is InChI=1S/C22H20F6N2O3/c1-12-5-4-8-29-17(12)6-3-7-18(31)30-13(2)19(33-20(30)32)14-9-15(21(23,24)25)11-16(10-14)22(26,27)28/h4-5,8-11,13,19H,3,6-7H2,1-2H3/t13-,19-/m0/s1. The molecule has 1 aromatic carbocycles. The van der Waals surface area contributed by atoms with Gasteiger partial charge in [0, 0.05) is 18.3 Å². The van der Waals surface area contributed by atoms with Crippen molar-refractivity contribution in [2.75, 3.05) is 0 Å². The van der Waals surface area contributed by atoms with Gasteiger partial charge in [0.15, 0.2) is 0 Å². The molecular formula is C22H20F6N2O3. The molecule has 2 atom stereocenters. The largest absolute Gasteiger partial charge is 0.439 e. The third kappa shape index (κ3) is 5.45. The average molecular weight is 474 g/mol. The predicted octanol–water partition coefficient (Wildman–Crippen LogP) is 5.86. The van der Waals surface area contributed by atoms with E-state index in [0.717, 1.165) is 16.2 Å². The van der Waals surface area contributed by atoms with Crippen molar-refractivity contribution in [3.05, 3.63) is 64.5 Å². The van der Waals surface area contributed by atoms with Crippen molar-refractivity contribution < 1.29 is 40.7 Å². The highest BCUT2D eigenvalue weighted by atomic mass is 19.4. The maximum Gasteiger partial charge on any atom is 0.417 e. The summed E-state index contributed by atoms with van der Waals surface area (Å²) in [6.45, 7) is 3.20. The first-order chi connectivity index (χ1) is 15.3. The Labute approximate surface area is 185 Å². The molecule has 178 valence electrons. The molecule has 3 rings (SSSR count). The SMILES string of the molecule is Cc1cccnc1CCCC(=O)N1C(=O)O[C@H](c2cc(C(F)(F)F)cc(C(F)(F)F)c2)[C@@H]1C. The Morgan fingerprint density at radius 1 is 1.09 bits per heavy atom. The highest BCUT2D eigenvalue weighted by Crippen LogP contribution is 2.40. The predicted molar refractivity (Wildman–Crippen MR) is 104 cm³/mol. The number of hydrogen-bond acceptors (Lipinski definition) is 4. The van der Waals surface area contributed by atoms with Gasteiger partial charge < -0.3 is 4.74 Å². The number of pyridine rings is 1. The third-order valence-corrected chi connectivity index (χ3v) is 5.40. The van der Waals surface area contributed by atoms with Crippen LogP contribution in [0.25, 0.3) is 0 Å². The second-order valence-electron chi connectivity index (χ2n) is 7.77. The highest BCUT2D eigenvalue weighted by molar-refractivity contribution is 5.93. The van der Waals surface area contributed by atoms with E-state index < -0.39 is 53.2 Å². The summed E-state index contributed by atoms with van der Waals surface area (Å²) in [5, 5.41) is 0. The van der Waals surface area contributed by atoms with E-state index in [0.29, 0.717) is 25.0 Å². The topological polar surface area (TPSA) is 59.5 Å². The summed E-state index contributed by atoms with van der Waals surface area (Å²) < 4.78 is 84.0. The van der Waals surface area contributed by atoms with Crippen LogP contribution in [0.2, 0.25) is 0 Å². The Kier molecular flexibility index (Phi) is 6.71. The van der Waals surface area contributed by atoms with Crippen molar-refractivity contribution in [2.24, 2.45) is 0 Å². The number of ether oxygens (including phenoxy) is 1. The van der Waals surface area contributed by atoms with E-state index in [4.69, 9.17) is 4.74 Å². The van der Waals surface area contributed by atoms with Gasteiger partial charge in [-0.1, -0.05) is 6.07 Å². The summed E-state index contributed by atoms with van der Waals surface area (Å²) in [5.74, 6) is -0.633. The van der Waals surface area contributed by atoms with E-state index in [1.54, 1.807) is 12.3 Å². The number of hydrogen-bond donors (Lipinski definition) is 0. The molecule has 1 fully saturated rings. The number of halogens is 6. The van der Waals surface area contributed by atoms with Crippen molar-refractivity contribution in [2.45, 2.75) is 57.6 Å². The minimum atomic E-state index is -5.04. The number of nitrogens with zero attached hydrogens (tertiary/aromatic N) is 2. The van der Waals surface area contributed by atoms with E-state index in [9.17, 15) is 35.9 Å². The van der Waals surface area contributed by atoms with Gasteiger partial charge in [-0.25, -0.2) is 9.69 Å². The third-order valence-electron chi connectivity index (χ3n) is 5.40. The monoisotopic (exact) mass is 474 g/mol. The molecule has 0 N–H and O–H groups in total. The number of carbonyl (C=O) groups is 2. The number of aryl methyl sites for hydroxylation is 2. The molecule has 0 radical (unpaired) electrons. The lowest BCUT2D eigenvalue weighted by Gasteiger charge is -2.21. The number of imide groups is 1. The van der Waals surface area contributed by atoms with Gasteiger partial charge in [-0.15, -0.1) is 0 Å². The Hall–Kier alpha value is -3.11. The molecule has 0 bridgehead atoms. The normalized spacial score (nSPS) is 19.0. The number of amides is 2. The summed E-state index contributed by atoms with van der Waals surface area (Å²) in [6, 6.07) is 3.53. The van der Waals surface area contributed by atoms with Crippen LogP contribution in [0.4, 0.5) is 31.1 Å². The molecule has 2 amide bonds. The molecule has 1 aliphatic rings. The highest BCUT2D eigenvalue weighted by Gasteiger charge is 2.45. The smallest absolute Gasteiger partial charge is 0.417 e. The Bertz CT molecular complexity index is 1020. The van der Waals surface area contributed by atoms with Crippen molar-refractivity contribution >= 4 is 12.0 Å². The molecular weight excluding hydrogens is 454 g/mol. The molecule has 1 aromatic heterocycles. The first-order valence-corrected chi connectivity index (χ1v) is 10.0. The molecule has 5 nitrogen and oxygen atoms in total. The van der Waals surface area contributed by atoms with Crippen LogP contribution in [0.5, 0.6) is 0 Å². The van der Waals surface area contributed by atoms with E-state index in [2.05, 4.69) is 4.98 Å². The lowest BCUT2D eigenvalue weighted by atomic mass is 9.97. The van der Waals surface area contributed by atoms with Crippen molar-refractivity contribution in [3.63, 3.8) is 0 Å². The van der Waals surface area contributed by atoms with Crippen molar-refractivity contribution in [1.82, 2.24) is 9.88 Å². The van der Waals surface area contributed by atoms with E-state index in [1.807, 2.05) is 13.0 Å². The van der Waals surface area contributed by atoms with Gasteiger partial charge >= 0.3 is 18.4 Å². The number of rotatable bonds is 5. The Morgan fingerprint density at radius 3 is 2.24 bits per heavy atom. The fraction of sp³-hybridized carbons (Fsp3) is 0.409. The van der Waals surface area contributed by atoms with Gasteiger partial charge in [0.05, 0.1) is 17.2 Å². The maximum absolute atomic E-state index is 13.2.